The van der Waals surface area contributed by atoms with Gasteiger partial charge in [-0.2, -0.15) is 0 Å². The zero-order valence-electron chi connectivity index (χ0n) is 22.3. The Bertz CT molecular complexity index is 1590. The zero-order valence-corrected chi connectivity index (χ0v) is 23.9. The fourth-order valence-corrected chi connectivity index (χ4v) is 5.84. The van der Waals surface area contributed by atoms with Crippen molar-refractivity contribution in [1.82, 2.24) is 15.0 Å². The first-order chi connectivity index (χ1) is 19.3. The van der Waals surface area contributed by atoms with Crippen LogP contribution in [-0.2, 0) is 23.1 Å². The molecule has 4 N–H and O–H groups in total. The Balaban J connectivity index is 1.79. The lowest BCUT2D eigenvalue weighted by atomic mass is 10.1. The van der Waals surface area contributed by atoms with E-state index >= 15 is 0 Å². The predicted molar refractivity (Wildman–Crippen MR) is 155 cm³/mol. The number of imidazole rings is 1. The number of hydrogen-bond donors (Lipinski definition) is 3. The first kappa shape index (κ1) is 29.1. The lowest BCUT2D eigenvalue weighted by molar-refractivity contribution is 0.0940. The van der Waals surface area contributed by atoms with Crippen LogP contribution in [0.1, 0.15) is 47.1 Å². The van der Waals surface area contributed by atoms with Crippen molar-refractivity contribution in [1.29, 1.82) is 0 Å². The van der Waals surface area contributed by atoms with Gasteiger partial charge in [0.25, 0.3) is 11.8 Å². The number of aromatic nitrogens is 2. The molecule has 1 unspecified atom stereocenters. The summed E-state index contributed by atoms with van der Waals surface area (Å²) in [5.74, 6) is 5.00. The van der Waals surface area contributed by atoms with E-state index in [0.717, 1.165) is 5.52 Å². The SMILES string of the molecule is CCOc1cc(NC(=O)c2ccccc2C(=O)NN)c(CS(=O)c2nc3ccc(Cl)cc3n2CC)c(OCC)c1. The molecule has 4 aromatic rings. The van der Waals surface area contributed by atoms with E-state index in [1.807, 2.05) is 25.3 Å². The lowest BCUT2D eigenvalue weighted by Crippen LogP contribution is -2.32. The summed E-state index contributed by atoms with van der Waals surface area (Å²) in [5, 5.41) is 3.79. The Hall–Kier alpha value is -3.93. The third-order valence-corrected chi connectivity index (χ3v) is 7.56. The lowest BCUT2D eigenvalue weighted by Gasteiger charge is -2.18. The Kier molecular flexibility index (Phi) is 9.41. The monoisotopic (exact) mass is 583 g/mol. The fourth-order valence-electron chi connectivity index (χ4n) is 4.31. The average molecular weight is 584 g/mol. The normalized spacial score (nSPS) is 11.7. The van der Waals surface area contributed by atoms with Crippen molar-refractivity contribution >= 4 is 50.9 Å². The van der Waals surface area contributed by atoms with E-state index in [2.05, 4.69) is 15.7 Å². The maximum Gasteiger partial charge on any atom is 0.265 e. The van der Waals surface area contributed by atoms with Crippen LogP contribution in [0.5, 0.6) is 11.5 Å². The van der Waals surface area contributed by atoms with Gasteiger partial charge in [0.2, 0.25) is 0 Å². The molecular weight excluding hydrogens is 554 g/mol. The molecule has 2 amide bonds. The van der Waals surface area contributed by atoms with Crippen LogP contribution in [0.4, 0.5) is 5.69 Å². The number of carbonyl (C=O) groups excluding carboxylic acids is 2. The second-order valence-corrected chi connectivity index (χ2v) is 10.3. The molecule has 0 spiro atoms. The topological polar surface area (TPSA) is 138 Å². The highest BCUT2D eigenvalue weighted by Crippen LogP contribution is 2.36. The van der Waals surface area contributed by atoms with Gasteiger partial charge < -0.3 is 19.4 Å². The number of nitrogens with two attached hydrogens (primary N) is 1. The maximum absolute atomic E-state index is 13.8. The standard InChI is InChI=1S/C28H30ClN5O5S/c1-4-34-24-13-17(29)11-12-22(24)32-28(34)40(37)16-21-23(14-18(38-5-2)15-25(21)39-6-3)31-26(35)19-9-7-8-10-20(19)27(36)33-30/h7-15H,4-6,16,30H2,1-3H3,(H,31,35)(H,33,36). The zero-order chi connectivity index (χ0) is 28.8. The molecule has 0 aliphatic rings. The summed E-state index contributed by atoms with van der Waals surface area (Å²) in [7, 11) is -1.64. The van der Waals surface area contributed by atoms with Crippen molar-refractivity contribution in [2.45, 2.75) is 38.2 Å². The Morgan fingerprint density at radius 2 is 1.70 bits per heavy atom. The number of rotatable bonds is 11. The van der Waals surface area contributed by atoms with Crippen molar-refractivity contribution in [2.75, 3.05) is 18.5 Å². The first-order valence-corrected chi connectivity index (χ1v) is 14.4. The molecule has 0 fully saturated rings. The molecule has 0 saturated carbocycles. The molecule has 1 heterocycles. The summed E-state index contributed by atoms with van der Waals surface area (Å²) in [4.78, 5) is 30.3. The summed E-state index contributed by atoms with van der Waals surface area (Å²) in [6, 6.07) is 14.9. The molecule has 4 rings (SSSR count). The fraction of sp³-hybridized carbons (Fsp3) is 0.250. The van der Waals surface area contributed by atoms with E-state index in [0.29, 0.717) is 58.2 Å². The number of halogens is 1. The van der Waals surface area contributed by atoms with Crippen molar-refractivity contribution < 1.29 is 23.3 Å². The number of hydrazine groups is 1. The van der Waals surface area contributed by atoms with E-state index in [-0.39, 0.29) is 16.9 Å². The summed E-state index contributed by atoms with van der Waals surface area (Å²) >= 11 is 6.20. The van der Waals surface area contributed by atoms with Crippen molar-refractivity contribution in [3.8, 4) is 11.5 Å². The Morgan fingerprint density at radius 3 is 2.35 bits per heavy atom. The second-order valence-electron chi connectivity index (χ2n) is 8.55. The molecule has 10 nitrogen and oxygen atoms in total. The van der Waals surface area contributed by atoms with Crippen LogP contribution in [-0.4, -0.2) is 38.8 Å². The third-order valence-electron chi connectivity index (χ3n) is 6.06. The van der Waals surface area contributed by atoms with Gasteiger partial charge in [-0.15, -0.1) is 0 Å². The van der Waals surface area contributed by atoms with E-state index in [1.165, 1.54) is 12.1 Å². The molecule has 3 aromatic carbocycles. The van der Waals surface area contributed by atoms with E-state index < -0.39 is 22.6 Å². The number of fused-ring (bicyclic) bond motifs is 1. The second kappa shape index (κ2) is 12.9. The van der Waals surface area contributed by atoms with Gasteiger partial charge >= 0.3 is 0 Å². The van der Waals surface area contributed by atoms with E-state index in [1.54, 1.807) is 42.5 Å². The van der Waals surface area contributed by atoms with E-state index in [9.17, 15) is 13.8 Å². The largest absolute Gasteiger partial charge is 0.494 e. The molecule has 0 saturated heterocycles. The highest BCUT2D eigenvalue weighted by atomic mass is 35.5. The molecule has 0 radical (unpaired) electrons. The van der Waals surface area contributed by atoms with Crippen LogP contribution in [0.2, 0.25) is 5.02 Å². The third kappa shape index (κ3) is 6.11. The number of nitrogens with one attached hydrogen (secondary N) is 2. The molecule has 1 atom stereocenters. The van der Waals surface area contributed by atoms with Gasteiger partial charge in [0.15, 0.2) is 5.16 Å². The molecule has 12 heteroatoms. The highest BCUT2D eigenvalue weighted by Gasteiger charge is 2.24. The minimum absolute atomic E-state index is 0.0145. The van der Waals surface area contributed by atoms with Crippen LogP contribution in [0, 0.1) is 0 Å². The molecule has 210 valence electrons. The van der Waals surface area contributed by atoms with Gasteiger partial charge in [-0.25, -0.2) is 10.8 Å². The number of amides is 2. The number of nitrogen functional groups attached to an aromatic ring is 1. The van der Waals surface area contributed by atoms with Crippen molar-refractivity contribution in [2.24, 2.45) is 5.84 Å². The number of hydrogen-bond acceptors (Lipinski definition) is 7. The van der Waals surface area contributed by atoms with Gasteiger partial charge in [-0.3, -0.25) is 19.2 Å². The number of ether oxygens (including phenoxy) is 2. The number of benzene rings is 3. The molecular formula is C28H30ClN5O5S. The summed E-state index contributed by atoms with van der Waals surface area (Å²) in [6.45, 7) is 6.84. The molecule has 0 aliphatic carbocycles. The van der Waals surface area contributed by atoms with Crippen LogP contribution in [0.15, 0.2) is 59.8 Å². The molecule has 0 bridgehead atoms. The summed E-state index contributed by atoms with van der Waals surface area (Å²) in [5.41, 5.74) is 4.55. The molecule has 0 aliphatic heterocycles. The highest BCUT2D eigenvalue weighted by molar-refractivity contribution is 7.84. The van der Waals surface area contributed by atoms with Gasteiger partial charge in [-0.1, -0.05) is 23.7 Å². The Labute approximate surface area is 239 Å². The quantitative estimate of drug-likeness (QED) is 0.132. The minimum atomic E-state index is -1.64. The Morgan fingerprint density at radius 1 is 1.00 bits per heavy atom. The molecule has 1 aromatic heterocycles. The van der Waals surface area contributed by atoms with Gasteiger partial charge in [-0.05, 0) is 51.1 Å². The number of nitrogens with zero attached hydrogens (tertiary/aromatic N) is 2. The smallest absolute Gasteiger partial charge is 0.265 e. The number of anilines is 1. The van der Waals surface area contributed by atoms with Crippen LogP contribution >= 0.6 is 11.6 Å². The van der Waals surface area contributed by atoms with Gasteiger partial charge in [0, 0.05) is 29.3 Å². The maximum atomic E-state index is 13.8. The first-order valence-electron chi connectivity index (χ1n) is 12.7. The average Bonchev–Trinajstić information content (AvgIpc) is 3.32. The van der Waals surface area contributed by atoms with Crippen LogP contribution in [0.3, 0.4) is 0 Å². The summed E-state index contributed by atoms with van der Waals surface area (Å²) in [6.07, 6.45) is 0. The molecule has 40 heavy (non-hydrogen) atoms. The number of aryl methyl sites for hydroxylation is 1. The van der Waals surface area contributed by atoms with E-state index in [4.69, 9.17) is 26.9 Å². The van der Waals surface area contributed by atoms with Crippen LogP contribution < -0.4 is 26.1 Å². The predicted octanol–water partition coefficient (Wildman–Crippen LogP) is 4.67. The number of carbonyl (C=O) groups is 2. The van der Waals surface area contributed by atoms with Crippen LogP contribution in [0.25, 0.3) is 11.0 Å². The minimum Gasteiger partial charge on any atom is -0.494 e. The van der Waals surface area contributed by atoms with Gasteiger partial charge in [0.1, 0.15) is 11.5 Å². The van der Waals surface area contributed by atoms with Gasteiger partial charge in [0.05, 0.1) is 57.6 Å². The van der Waals surface area contributed by atoms with Crippen molar-refractivity contribution in [3.63, 3.8) is 0 Å². The van der Waals surface area contributed by atoms with Crippen molar-refractivity contribution in [3.05, 3.63) is 76.3 Å². The summed E-state index contributed by atoms with van der Waals surface area (Å²) < 4.78 is 27.3.